The third kappa shape index (κ3) is 5.66. The fourth-order valence-electron chi connectivity index (χ4n) is 4.76. The van der Waals surface area contributed by atoms with E-state index in [2.05, 4.69) is 12.1 Å². The van der Waals surface area contributed by atoms with Gasteiger partial charge in [0.15, 0.2) is 0 Å². The predicted octanol–water partition coefficient (Wildman–Crippen LogP) is 5.22. The Hall–Kier alpha value is -3.60. The molecule has 34 heavy (non-hydrogen) atoms. The zero-order valence-corrected chi connectivity index (χ0v) is 19.9. The van der Waals surface area contributed by atoms with E-state index in [-0.39, 0.29) is 17.9 Å². The third-order valence-corrected chi connectivity index (χ3v) is 6.81. The van der Waals surface area contributed by atoms with Crippen molar-refractivity contribution in [3.63, 3.8) is 0 Å². The van der Waals surface area contributed by atoms with Crippen molar-refractivity contribution in [1.29, 1.82) is 0 Å². The smallest absolute Gasteiger partial charge is 0.257 e. The summed E-state index contributed by atoms with van der Waals surface area (Å²) in [4.78, 5) is 29.8. The van der Waals surface area contributed by atoms with Crippen LogP contribution in [-0.2, 0) is 11.2 Å². The maximum Gasteiger partial charge on any atom is 0.257 e. The summed E-state index contributed by atoms with van der Waals surface area (Å²) in [5.41, 5.74) is 2.84. The number of carbonyl (C=O) groups excluding carboxylic acids is 2. The minimum Gasteiger partial charge on any atom is -0.469 e. The molecule has 1 atom stereocenters. The van der Waals surface area contributed by atoms with Gasteiger partial charge in [0.1, 0.15) is 5.76 Å². The first-order valence-electron chi connectivity index (χ1n) is 11.9. The maximum atomic E-state index is 13.3. The summed E-state index contributed by atoms with van der Waals surface area (Å²) in [7, 11) is 1.89. The second kappa shape index (κ2) is 11.0. The van der Waals surface area contributed by atoms with Crippen LogP contribution in [0.4, 0.5) is 0 Å². The van der Waals surface area contributed by atoms with Crippen LogP contribution in [0.3, 0.4) is 0 Å². The number of hydrogen-bond acceptors (Lipinski definition) is 3. The highest BCUT2D eigenvalue weighted by molar-refractivity contribution is 5.95. The molecule has 0 spiro atoms. The Labute approximate surface area is 201 Å². The lowest BCUT2D eigenvalue weighted by atomic mass is 9.84. The zero-order chi connectivity index (χ0) is 23.9. The molecule has 0 N–H and O–H groups in total. The van der Waals surface area contributed by atoms with Gasteiger partial charge in [-0.25, -0.2) is 0 Å². The molecule has 5 heteroatoms. The number of nitrogens with zero attached hydrogens (tertiary/aromatic N) is 2. The first-order valence-corrected chi connectivity index (χ1v) is 11.9. The van der Waals surface area contributed by atoms with Crippen molar-refractivity contribution in [1.82, 2.24) is 9.80 Å². The van der Waals surface area contributed by atoms with Crippen LogP contribution in [0.1, 0.15) is 40.1 Å². The zero-order valence-electron chi connectivity index (χ0n) is 19.9. The molecule has 0 radical (unpaired) electrons. The molecule has 1 aromatic heterocycles. The molecule has 2 heterocycles. The minimum atomic E-state index is -0.0171. The van der Waals surface area contributed by atoms with Crippen molar-refractivity contribution in [2.45, 2.75) is 32.2 Å². The highest BCUT2D eigenvalue weighted by Crippen LogP contribution is 2.28. The molecule has 0 aliphatic carbocycles. The van der Waals surface area contributed by atoms with E-state index in [1.165, 1.54) is 5.56 Å². The van der Waals surface area contributed by atoms with Crippen molar-refractivity contribution in [2.75, 3.05) is 20.1 Å². The third-order valence-electron chi connectivity index (χ3n) is 6.81. The van der Waals surface area contributed by atoms with Crippen molar-refractivity contribution in [2.24, 2.45) is 5.92 Å². The normalized spacial score (nSPS) is 15.4. The molecule has 5 nitrogen and oxygen atoms in total. The second-order valence-electron chi connectivity index (χ2n) is 8.97. The topological polar surface area (TPSA) is 53.8 Å². The molecule has 0 saturated carbocycles. The minimum absolute atomic E-state index is 0.0171. The summed E-state index contributed by atoms with van der Waals surface area (Å²) in [6, 6.07) is 22.0. The van der Waals surface area contributed by atoms with Crippen LogP contribution in [0.25, 0.3) is 6.08 Å². The summed E-state index contributed by atoms with van der Waals surface area (Å²) >= 11 is 0. The average molecular weight is 457 g/mol. The molecule has 2 amide bonds. The molecular weight excluding hydrogens is 424 g/mol. The molecule has 1 fully saturated rings. The number of likely N-dealkylation sites (tertiary alicyclic amines) is 1. The van der Waals surface area contributed by atoms with Crippen LogP contribution >= 0.6 is 0 Å². The van der Waals surface area contributed by atoms with Gasteiger partial charge in [0, 0.05) is 32.3 Å². The Morgan fingerprint density at radius 3 is 2.29 bits per heavy atom. The van der Waals surface area contributed by atoms with Crippen LogP contribution in [0.5, 0.6) is 0 Å². The molecule has 1 aliphatic rings. The molecule has 1 unspecified atom stereocenters. The van der Waals surface area contributed by atoms with E-state index in [0.29, 0.717) is 30.3 Å². The summed E-state index contributed by atoms with van der Waals surface area (Å²) in [5, 5.41) is 0. The first kappa shape index (κ1) is 23.6. The molecule has 176 valence electrons. The van der Waals surface area contributed by atoms with Gasteiger partial charge < -0.3 is 14.2 Å². The van der Waals surface area contributed by atoms with E-state index >= 15 is 0 Å². The van der Waals surface area contributed by atoms with E-state index in [1.807, 2.05) is 78.4 Å². The van der Waals surface area contributed by atoms with Crippen molar-refractivity contribution in [3.05, 3.63) is 102 Å². The monoisotopic (exact) mass is 456 g/mol. The number of piperidine rings is 1. The number of amides is 2. The fraction of sp³-hybridized carbons (Fsp3) is 0.310. The van der Waals surface area contributed by atoms with Gasteiger partial charge in [-0.15, -0.1) is 0 Å². The Bertz CT molecular complexity index is 1110. The number of rotatable bonds is 7. The molecule has 2 aromatic carbocycles. The standard InChI is InChI=1S/C29H32N2O3/c1-22-26(17-20-34-22)29(33)30(2)27(21-24-11-7-4-8-12-24)25-15-18-31(19-16-25)28(32)14-13-23-9-5-3-6-10-23/h3-14,17,20,25,27H,15-16,18-19,21H2,1-2H3. The quantitative estimate of drug-likeness (QED) is 0.458. The number of carbonyl (C=O) groups is 2. The van der Waals surface area contributed by atoms with E-state index in [0.717, 1.165) is 24.8 Å². The van der Waals surface area contributed by atoms with Gasteiger partial charge in [-0.05, 0) is 55.4 Å². The summed E-state index contributed by atoms with van der Waals surface area (Å²) < 4.78 is 5.38. The molecular formula is C29H32N2O3. The lowest BCUT2D eigenvalue weighted by Gasteiger charge is -2.40. The maximum absolute atomic E-state index is 13.3. The molecule has 1 aliphatic heterocycles. The van der Waals surface area contributed by atoms with Gasteiger partial charge in [0.2, 0.25) is 5.91 Å². The first-order chi connectivity index (χ1) is 16.5. The van der Waals surface area contributed by atoms with Gasteiger partial charge in [-0.2, -0.15) is 0 Å². The van der Waals surface area contributed by atoms with E-state index in [1.54, 1.807) is 18.4 Å². The van der Waals surface area contributed by atoms with Crippen LogP contribution in [-0.4, -0.2) is 47.8 Å². The van der Waals surface area contributed by atoms with Crippen molar-refractivity contribution < 1.29 is 14.0 Å². The van der Waals surface area contributed by atoms with Crippen LogP contribution < -0.4 is 0 Å². The van der Waals surface area contributed by atoms with Gasteiger partial charge in [0.05, 0.1) is 11.8 Å². The van der Waals surface area contributed by atoms with Gasteiger partial charge in [-0.1, -0.05) is 60.7 Å². The molecule has 4 rings (SSSR count). The van der Waals surface area contributed by atoms with Gasteiger partial charge in [-0.3, -0.25) is 9.59 Å². The van der Waals surface area contributed by atoms with Crippen LogP contribution in [0.15, 0.2) is 83.5 Å². The van der Waals surface area contributed by atoms with Crippen molar-refractivity contribution >= 4 is 17.9 Å². The Morgan fingerprint density at radius 1 is 1.03 bits per heavy atom. The second-order valence-corrected chi connectivity index (χ2v) is 8.97. The largest absolute Gasteiger partial charge is 0.469 e. The summed E-state index contributed by atoms with van der Waals surface area (Å²) in [6.45, 7) is 3.21. The van der Waals surface area contributed by atoms with Crippen LogP contribution in [0, 0.1) is 12.8 Å². The van der Waals surface area contributed by atoms with Gasteiger partial charge >= 0.3 is 0 Å². The summed E-state index contributed by atoms with van der Waals surface area (Å²) in [5.74, 6) is 0.973. The van der Waals surface area contributed by atoms with E-state index in [9.17, 15) is 9.59 Å². The Kier molecular flexibility index (Phi) is 7.63. The average Bonchev–Trinajstić information content (AvgIpc) is 3.32. The van der Waals surface area contributed by atoms with E-state index < -0.39 is 0 Å². The predicted molar refractivity (Wildman–Crippen MR) is 134 cm³/mol. The number of hydrogen-bond donors (Lipinski definition) is 0. The van der Waals surface area contributed by atoms with Gasteiger partial charge in [0.25, 0.3) is 5.91 Å². The highest BCUT2D eigenvalue weighted by Gasteiger charge is 2.33. The van der Waals surface area contributed by atoms with Crippen LogP contribution in [0.2, 0.25) is 0 Å². The Balaban J connectivity index is 1.44. The van der Waals surface area contributed by atoms with E-state index in [4.69, 9.17) is 4.42 Å². The fourth-order valence-corrected chi connectivity index (χ4v) is 4.76. The number of furan rings is 1. The lowest BCUT2D eigenvalue weighted by molar-refractivity contribution is -0.127. The number of likely N-dealkylation sites (N-methyl/N-ethyl adjacent to an activating group) is 1. The summed E-state index contributed by atoms with van der Waals surface area (Å²) in [6.07, 6.45) is 7.61. The lowest BCUT2D eigenvalue weighted by Crippen LogP contribution is -2.48. The molecule has 0 bridgehead atoms. The molecule has 1 saturated heterocycles. The number of aryl methyl sites for hydroxylation is 1. The van der Waals surface area contributed by atoms with Crippen molar-refractivity contribution in [3.8, 4) is 0 Å². The highest BCUT2D eigenvalue weighted by atomic mass is 16.3. The Morgan fingerprint density at radius 2 is 1.68 bits per heavy atom. The molecule has 3 aromatic rings. The number of benzene rings is 2. The SMILES string of the molecule is Cc1occc1C(=O)N(C)C(Cc1ccccc1)C1CCN(C(=O)C=Cc2ccccc2)CC1.